The molecule has 0 fully saturated rings. The van der Waals surface area contributed by atoms with E-state index in [1.165, 1.54) is 6.39 Å². The van der Waals surface area contributed by atoms with Crippen LogP contribution in [0.5, 0.6) is 11.5 Å². The number of hydrogen-bond acceptors (Lipinski definition) is 7. The number of benzene rings is 1. The average Bonchev–Trinajstić information content (AvgIpc) is 3.03. The van der Waals surface area contributed by atoms with Gasteiger partial charge < -0.3 is 24.1 Å². The third-order valence-electron chi connectivity index (χ3n) is 2.83. The molecule has 2 aromatic rings. The van der Waals surface area contributed by atoms with Crippen molar-refractivity contribution in [3.63, 3.8) is 0 Å². The van der Waals surface area contributed by atoms with Gasteiger partial charge in [-0.1, -0.05) is 5.16 Å². The zero-order valence-electron chi connectivity index (χ0n) is 12.2. The van der Waals surface area contributed by atoms with Crippen LogP contribution in [0.3, 0.4) is 0 Å². The van der Waals surface area contributed by atoms with Crippen molar-refractivity contribution in [3.8, 4) is 11.5 Å². The molecule has 0 amide bonds. The average molecular weight is 293 g/mol. The van der Waals surface area contributed by atoms with Crippen molar-refractivity contribution in [2.75, 3.05) is 27.4 Å². The van der Waals surface area contributed by atoms with Crippen LogP contribution in [-0.4, -0.2) is 37.5 Å². The van der Waals surface area contributed by atoms with E-state index in [0.717, 1.165) is 23.6 Å². The number of methoxy groups -OCH3 is 2. The SMILES string of the molecule is COCCNCc1cc(OC)ccc1OCc1ncon1. The van der Waals surface area contributed by atoms with E-state index in [2.05, 4.69) is 20.0 Å². The zero-order valence-corrected chi connectivity index (χ0v) is 12.2. The van der Waals surface area contributed by atoms with Gasteiger partial charge in [0.25, 0.3) is 0 Å². The van der Waals surface area contributed by atoms with Crippen LogP contribution in [0.15, 0.2) is 29.1 Å². The van der Waals surface area contributed by atoms with Crippen molar-refractivity contribution in [1.29, 1.82) is 0 Å². The van der Waals surface area contributed by atoms with Crippen LogP contribution in [0.25, 0.3) is 0 Å². The molecule has 1 aromatic carbocycles. The number of rotatable bonds is 9. The fourth-order valence-corrected chi connectivity index (χ4v) is 1.76. The minimum Gasteiger partial charge on any atom is -0.497 e. The highest BCUT2D eigenvalue weighted by molar-refractivity contribution is 5.40. The molecule has 0 saturated heterocycles. The highest BCUT2D eigenvalue weighted by atomic mass is 16.5. The summed E-state index contributed by atoms with van der Waals surface area (Å²) < 4.78 is 20.6. The van der Waals surface area contributed by atoms with E-state index in [-0.39, 0.29) is 6.61 Å². The van der Waals surface area contributed by atoms with Crippen molar-refractivity contribution in [1.82, 2.24) is 15.5 Å². The standard InChI is InChI=1S/C14H19N3O4/c1-18-6-5-15-8-11-7-12(19-2)3-4-13(11)20-9-14-16-10-21-17-14/h3-4,7,10,15H,5-6,8-9H2,1-2H3. The highest BCUT2D eigenvalue weighted by Crippen LogP contribution is 2.24. The van der Waals surface area contributed by atoms with Gasteiger partial charge in [0, 0.05) is 25.8 Å². The van der Waals surface area contributed by atoms with E-state index in [1.807, 2.05) is 18.2 Å². The minimum absolute atomic E-state index is 0.258. The molecule has 0 bridgehead atoms. The van der Waals surface area contributed by atoms with Crippen LogP contribution in [0.2, 0.25) is 0 Å². The normalized spacial score (nSPS) is 10.6. The summed E-state index contributed by atoms with van der Waals surface area (Å²) in [4.78, 5) is 3.92. The number of aromatic nitrogens is 2. The summed E-state index contributed by atoms with van der Waals surface area (Å²) in [6, 6.07) is 5.65. The molecule has 0 aliphatic rings. The van der Waals surface area contributed by atoms with Gasteiger partial charge in [0.1, 0.15) is 11.5 Å². The van der Waals surface area contributed by atoms with E-state index >= 15 is 0 Å². The highest BCUT2D eigenvalue weighted by Gasteiger charge is 2.07. The maximum absolute atomic E-state index is 5.73. The molecule has 0 unspecified atom stereocenters. The van der Waals surface area contributed by atoms with Gasteiger partial charge in [0.2, 0.25) is 12.2 Å². The topological polar surface area (TPSA) is 78.6 Å². The molecule has 0 spiro atoms. The van der Waals surface area contributed by atoms with Gasteiger partial charge in [-0.05, 0) is 18.2 Å². The van der Waals surface area contributed by atoms with E-state index in [0.29, 0.717) is 19.0 Å². The Kier molecular flexibility index (Phi) is 5.99. The lowest BCUT2D eigenvalue weighted by molar-refractivity contribution is 0.199. The maximum atomic E-state index is 5.73. The summed E-state index contributed by atoms with van der Waals surface area (Å²) in [5.41, 5.74) is 0.994. The first kappa shape index (κ1) is 15.3. The predicted octanol–water partition coefficient (Wildman–Crippen LogP) is 1.39. The van der Waals surface area contributed by atoms with Crippen molar-refractivity contribution in [2.24, 2.45) is 0 Å². The number of hydrogen-bond donors (Lipinski definition) is 1. The summed E-state index contributed by atoms with van der Waals surface area (Å²) in [6.45, 7) is 2.33. The van der Waals surface area contributed by atoms with Crippen molar-refractivity contribution < 1.29 is 18.7 Å². The molecule has 0 saturated carbocycles. The molecule has 1 heterocycles. The lowest BCUT2D eigenvalue weighted by atomic mass is 10.2. The molecule has 7 heteroatoms. The molecule has 0 radical (unpaired) electrons. The molecule has 7 nitrogen and oxygen atoms in total. The van der Waals surface area contributed by atoms with Crippen molar-refractivity contribution >= 4 is 0 Å². The quantitative estimate of drug-likeness (QED) is 0.700. The largest absolute Gasteiger partial charge is 0.497 e. The Hall–Kier alpha value is -2.12. The second kappa shape index (κ2) is 8.23. The van der Waals surface area contributed by atoms with Crippen molar-refractivity contribution in [3.05, 3.63) is 36.0 Å². The third-order valence-corrected chi connectivity index (χ3v) is 2.83. The fourth-order valence-electron chi connectivity index (χ4n) is 1.76. The Bertz CT molecular complexity index is 531. The predicted molar refractivity (Wildman–Crippen MR) is 75.2 cm³/mol. The van der Waals surface area contributed by atoms with Crippen LogP contribution in [-0.2, 0) is 17.9 Å². The summed E-state index contributed by atoms with van der Waals surface area (Å²) in [7, 11) is 3.31. The van der Waals surface area contributed by atoms with E-state index < -0.39 is 0 Å². The van der Waals surface area contributed by atoms with Gasteiger partial charge in [-0.15, -0.1) is 0 Å². The Morgan fingerprint density at radius 2 is 2.19 bits per heavy atom. The maximum Gasteiger partial charge on any atom is 0.213 e. The monoisotopic (exact) mass is 293 g/mol. The molecule has 1 aromatic heterocycles. The Labute approximate surface area is 123 Å². The smallest absolute Gasteiger partial charge is 0.213 e. The molecule has 2 rings (SSSR count). The van der Waals surface area contributed by atoms with E-state index in [1.54, 1.807) is 14.2 Å². The first-order valence-corrected chi connectivity index (χ1v) is 6.58. The number of nitrogens with zero attached hydrogens (tertiary/aromatic N) is 2. The second-order valence-electron chi connectivity index (χ2n) is 4.28. The first-order valence-electron chi connectivity index (χ1n) is 6.58. The minimum atomic E-state index is 0.258. The lowest BCUT2D eigenvalue weighted by Crippen LogP contribution is -2.19. The molecule has 0 aliphatic heterocycles. The summed E-state index contributed by atoms with van der Waals surface area (Å²) >= 11 is 0. The van der Waals surface area contributed by atoms with Gasteiger partial charge in [-0.25, -0.2) is 0 Å². The summed E-state index contributed by atoms with van der Waals surface area (Å²) in [5.74, 6) is 2.04. The molecular weight excluding hydrogens is 274 g/mol. The van der Waals surface area contributed by atoms with Crippen molar-refractivity contribution in [2.45, 2.75) is 13.2 Å². The van der Waals surface area contributed by atoms with Gasteiger partial charge in [-0.2, -0.15) is 4.98 Å². The van der Waals surface area contributed by atoms with Gasteiger partial charge in [0.15, 0.2) is 6.61 Å². The zero-order chi connectivity index (χ0) is 14.9. The van der Waals surface area contributed by atoms with Crippen LogP contribution >= 0.6 is 0 Å². The molecule has 0 atom stereocenters. The third kappa shape index (κ3) is 4.73. The van der Waals surface area contributed by atoms with E-state index in [4.69, 9.17) is 14.2 Å². The Morgan fingerprint density at radius 1 is 1.29 bits per heavy atom. The van der Waals surface area contributed by atoms with Gasteiger partial charge in [0.05, 0.1) is 13.7 Å². The number of ether oxygens (including phenoxy) is 3. The molecular formula is C14H19N3O4. The first-order chi connectivity index (χ1) is 10.3. The second-order valence-corrected chi connectivity index (χ2v) is 4.28. The Morgan fingerprint density at radius 3 is 2.90 bits per heavy atom. The molecule has 21 heavy (non-hydrogen) atoms. The molecule has 1 N–H and O–H groups in total. The lowest BCUT2D eigenvalue weighted by Gasteiger charge is -2.12. The summed E-state index contributed by atoms with van der Waals surface area (Å²) in [6.07, 6.45) is 1.28. The van der Waals surface area contributed by atoms with Crippen LogP contribution in [0.4, 0.5) is 0 Å². The van der Waals surface area contributed by atoms with Crippen LogP contribution in [0, 0.1) is 0 Å². The van der Waals surface area contributed by atoms with E-state index in [9.17, 15) is 0 Å². The Balaban J connectivity index is 1.99. The van der Waals surface area contributed by atoms with Gasteiger partial charge in [-0.3, -0.25) is 0 Å². The van der Waals surface area contributed by atoms with Crippen LogP contribution in [0.1, 0.15) is 11.4 Å². The summed E-state index contributed by atoms with van der Waals surface area (Å²) in [5, 5.41) is 6.99. The van der Waals surface area contributed by atoms with Gasteiger partial charge >= 0.3 is 0 Å². The molecule has 114 valence electrons. The fraction of sp³-hybridized carbons (Fsp3) is 0.429. The van der Waals surface area contributed by atoms with Crippen LogP contribution < -0.4 is 14.8 Å². The molecule has 0 aliphatic carbocycles. The number of nitrogens with one attached hydrogen (secondary N) is 1.